The van der Waals surface area contributed by atoms with Gasteiger partial charge in [-0.25, -0.2) is 28.4 Å². The lowest BCUT2D eigenvalue weighted by Gasteiger charge is -2.37. The Morgan fingerprint density at radius 2 is 0.288 bits per heavy atom. The fraction of sp³-hybridized carbons (Fsp3) is 1.00. The number of alkyl halides is 36. The van der Waals surface area contributed by atoms with Crippen LogP contribution in [-0.2, 0) is 28.4 Å². The Labute approximate surface area is 291 Å². The molecule has 0 spiro atoms. The number of rotatable bonds is 20. The van der Waals surface area contributed by atoms with Crippen LogP contribution >= 0.6 is 0 Å². The molecule has 0 bridgehead atoms. The van der Waals surface area contributed by atoms with Gasteiger partial charge in [0.25, 0.3) is 0 Å². The van der Waals surface area contributed by atoms with Crippen LogP contribution in [0.4, 0.5) is 158 Å². The first kappa shape index (κ1) is 56.2. The van der Waals surface area contributed by atoms with Crippen LogP contribution in [-0.4, -0.2) is 103 Å². The van der Waals surface area contributed by atoms with E-state index in [1.54, 1.807) is 0 Å². The van der Waals surface area contributed by atoms with Gasteiger partial charge in [0.2, 0.25) is 0 Å². The summed E-state index contributed by atoms with van der Waals surface area (Å²) in [7, 11) is 0. The van der Waals surface area contributed by atoms with Crippen molar-refractivity contribution in [1.82, 2.24) is 0 Å². The van der Waals surface area contributed by atoms with Crippen molar-refractivity contribution in [3.8, 4) is 0 Å². The second-order valence-electron chi connectivity index (χ2n) is 9.54. The first-order valence-corrected chi connectivity index (χ1v) is 11.8. The van der Waals surface area contributed by atoms with Crippen LogP contribution in [0.2, 0.25) is 0 Å². The summed E-state index contributed by atoms with van der Waals surface area (Å²) in [5.41, 5.74) is 0. The molecule has 0 heterocycles. The van der Waals surface area contributed by atoms with Gasteiger partial charge in [-0.1, -0.05) is 0 Å². The van der Waals surface area contributed by atoms with Crippen molar-refractivity contribution >= 4 is 0 Å². The van der Waals surface area contributed by atoms with Gasteiger partial charge in [-0.2, -0.15) is 149 Å². The van der Waals surface area contributed by atoms with E-state index in [4.69, 9.17) is 0 Å². The average molecular weight is 984 g/mol. The maximum absolute atomic E-state index is 13.4. The lowest BCUT2D eigenvalue weighted by molar-refractivity contribution is -0.608. The molecule has 0 saturated heterocycles. The Morgan fingerprint density at radius 3 is 0.441 bits per heavy atom. The van der Waals surface area contributed by atoms with Crippen LogP contribution in [0.15, 0.2) is 0 Å². The molecule has 0 atom stereocenters. The molecule has 6 nitrogen and oxygen atoms in total. The predicted molar refractivity (Wildman–Crippen MR) is 92.8 cm³/mol. The molecule has 0 aromatic carbocycles. The highest BCUT2D eigenvalue weighted by atomic mass is 19.4. The van der Waals surface area contributed by atoms with E-state index in [1.807, 2.05) is 0 Å². The minimum Gasteiger partial charge on any atom is -0.243 e. The van der Waals surface area contributed by atoms with Gasteiger partial charge < -0.3 is 0 Å². The molecule has 356 valence electrons. The normalized spacial score (nSPS) is 16.9. The first-order valence-electron chi connectivity index (χ1n) is 11.8. The topological polar surface area (TPSA) is 55.4 Å². The van der Waals surface area contributed by atoms with E-state index < -0.39 is 103 Å². The smallest absolute Gasteiger partial charge is 0.243 e. The molecule has 0 unspecified atom stereocenters. The zero-order chi connectivity index (χ0) is 48.7. The second kappa shape index (κ2) is 14.7. The third-order valence-corrected chi connectivity index (χ3v) is 5.11. The van der Waals surface area contributed by atoms with Crippen LogP contribution in [0.25, 0.3) is 0 Å². The highest BCUT2D eigenvalue weighted by Gasteiger charge is 2.87. The summed E-state index contributed by atoms with van der Waals surface area (Å²) < 4.78 is 473. The minimum atomic E-state index is -8.56. The predicted octanol–water partition coefficient (Wildman–Crippen LogP) is 11.2. The van der Waals surface area contributed by atoms with E-state index in [1.165, 1.54) is 0 Å². The summed E-state index contributed by atoms with van der Waals surface area (Å²) in [5, 5.41) is 0. The zero-order valence-corrected chi connectivity index (χ0v) is 24.6. The molecule has 0 saturated carbocycles. The standard InChI is InChI=1S/C17F36O6/c18-1(19,5(26,27)28)3(22,23)7(32,33)54-9(36,37)11(40,41)56-13(44,45)15(48,49)58-17(52,53)59-16(50,51)14(46,47)57-12(42,43)10(38,39)55-8(34,35)4(24,25)2(20,21)6(29,30)31. The minimum absolute atomic E-state index is 0.894. The summed E-state index contributed by atoms with van der Waals surface area (Å²) in [6.07, 6.45) is -109. The van der Waals surface area contributed by atoms with Crippen molar-refractivity contribution in [2.24, 2.45) is 0 Å². The molecule has 0 rings (SSSR count). The van der Waals surface area contributed by atoms with Gasteiger partial charge in [0.1, 0.15) is 0 Å². The van der Waals surface area contributed by atoms with Gasteiger partial charge in [-0.05, 0) is 0 Å². The van der Waals surface area contributed by atoms with Crippen molar-refractivity contribution < 1.29 is 186 Å². The van der Waals surface area contributed by atoms with E-state index in [9.17, 15) is 158 Å². The molecule has 0 aliphatic heterocycles. The molecular formula is C17F36O6. The Hall–Kier alpha value is -2.76. The van der Waals surface area contributed by atoms with Crippen LogP contribution in [0.1, 0.15) is 0 Å². The quantitative estimate of drug-likeness (QED) is 0.0895. The molecule has 0 radical (unpaired) electrons. The van der Waals surface area contributed by atoms with Crippen molar-refractivity contribution in [3.05, 3.63) is 0 Å². The highest BCUT2D eigenvalue weighted by molar-refractivity contribution is 4.98. The van der Waals surface area contributed by atoms with Crippen LogP contribution in [0.3, 0.4) is 0 Å². The van der Waals surface area contributed by atoms with Gasteiger partial charge in [0.05, 0.1) is 0 Å². The highest BCUT2D eigenvalue weighted by Crippen LogP contribution is 2.59. The zero-order valence-electron chi connectivity index (χ0n) is 24.6. The number of hydrogen-bond donors (Lipinski definition) is 0. The van der Waals surface area contributed by atoms with Gasteiger partial charge in [-0.3, -0.25) is 0 Å². The first-order chi connectivity index (χ1) is 24.7. The third-order valence-electron chi connectivity index (χ3n) is 5.11. The van der Waals surface area contributed by atoms with Crippen LogP contribution in [0, 0.1) is 0 Å². The fourth-order valence-corrected chi connectivity index (χ4v) is 2.29. The SMILES string of the molecule is FC(F)(OC(F)(F)C(F)(F)OC(F)(F)C(F)(F)OC(F)(F)C(F)(F)C(F)(F)C(F)(F)F)OC(F)(F)C(F)(F)OC(F)(F)C(F)(F)OC(F)(F)C(F)(F)C(F)(F)C(F)(F)F. The Bertz CT molecular complexity index is 1350. The number of halogens is 36. The van der Waals surface area contributed by atoms with Gasteiger partial charge >= 0.3 is 103 Å². The molecular weight excluding hydrogens is 984 g/mol. The van der Waals surface area contributed by atoms with Crippen molar-refractivity contribution in [3.63, 3.8) is 0 Å². The molecule has 0 fully saturated rings. The monoisotopic (exact) mass is 984 g/mol. The van der Waals surface area contributed by atoms with Crippen LogP contribution in [0.5, 0.6) is 0 Å². The maximum Gasteiger partial charge on any atom is 0.495 e. The van der Waals surface area contributed by atoms with Crippen molar-refractivity contribution in [2.45, 2.75) is 103 Å². The molecule has 0 N–H and O–H groups in total. The van der Waals surface area contributed by atoms with E-state index in [0.717, 1.165) is 28.4 Å². The summed E-state index contributed by atoms with van der Waals surface area (Å²) in [4.78, 5) is 0. The van der Waals surface area contributed by atoms with E-state index >= 15 is 0 Å². The number of hydrogen-bond acceptors (Lipinski definition) is 6. The molecule has 59 heavy (non-hydrogen) atoms. The molecule has 0 aliphatic carbocycles. The van der Waals surface area contributed by atoms with E-state index in [-0.39, 0.29) is 0 Å². The maximum atomic E-state index is 13.4. The summed E-state index contributed by atoms with van der Waals surface area (Å²) >= 11 is 0. The number of ether oxygens (including phenoxy) is 6. The summed E-state index contributed by atoms with van der Waals surface area (Å²) in [6.45, 7) is 0. The second-order valence-corrected chi connectivity index (χ2v) is 9.54. The molecule has 0 aliphatic rings. The van der Waals surface area contributed by atoms with Crippen molar-refractivity contribution in [1.29, 1.82) is 0 Å². The fourth-order valence-electron chi connectivity index (χ4n) is 2.29. The van der Waals surface area contributed by atoms with E-state index in [0.29, 0.717) is 0 Å². The molecule has 0 aromatic rings. The largest absolute Gasteiger partial charge is 0.495 e. The molecule has 42 heteroatoms. The summed E-state index contributed by atoms with van der Waals surface area (Å²) in [6, 6.07) is 0. The Kier molecular flexibility index (Phi) is 14.0. The van der Waals surface area contributed by atoms with Crippen molar-refractivity contribution in [2.75, 3.05) is 0 Å². The van der Waals surface area contributed by atoms with Gasteiger partial charge in [-0.15, -0.1) is 8.78 Å². The summed E-state index contributed by atoms with van der Waals surface area (Å²) in [5.74, 6) is -33.8. The van der Waals surface area contributed by atoms with Gasteiger partial charge in [0, 0.05) is 0 Å². The lowest BCUT2D eigenvalue weighted by Crippen LogP contribution is -2.65. The lowest BCUT2D eigenvalue weighted by atomic mass is 10.1. The Morgan fingerprint density at radius 1 is 0.153 bits per heavy atom. The van der Waals surface area contributed by atoms with Crippen LogP contribution < -0.4 is 0 Å². The molecule has 0 amide bonds. The average Bonchev–Trinajstić information content (AvgIpc) is 2.87. The Balaban J connectivity index is 6.48. The third kappa shape index (κ3) is 10.3. The van der Waals surface area contributed by atoms with E-state index in [2.05, 4.69) is 0 Å². The van der Waals surface area contributed by atoms with Gasteiger partial charge in [0.15, 0.2) is 0 Å². The molecule has 0 aromatic heterocycles.